The normalized spacial score (nSPS) is 11.1. The van der Waals surface area contributed by atoms with Crippen molar-refractivity contribution in [3.05, 3.63) is 47.1 Å². The molecule has 0 aliphatic rings. The van der Waals surface area contributed by atoms with E-state index in [2.05, 4.69) is 55.4 Å². The van der Waals surface area contributed by atoms with Crippen molar-refractivity contribution in [2.24, 2.45) is 4.99 Å². The first kappa shape index (κ1) is 19.1. The summed E-state index contributed by atoms with van der Waals surface area (Å²) in [6.45, 7) is 5.36. The van der Waals surface area contributed by atoms with E-state index in [0.717, 1.165) is 42.4 Å². The highest BCUT2D eigenvalue weighted by Gasteiger charge is 2.00. The van der Waals surface area contributed by atoms with Gasteiger partial charge in [-0.25, -0.2) is 0 Å². The average Bonchev–Trinajstić information content (AvgIpc) is 3.11. The number of furan rings is 1. The van der Waals surface area contributed by atoms with Crippen LogP contribution in [-0.2, 0) is 13.0 Å². The molecular weight excluding hydrogens is 459 g/mol. The standard InChI is InChI=1S/C15H21BrN4O.HI/c1-2-17-15(19-9-12-20-10-3-4-11-20)18-8-7-13-5-6-14(16)21-13;/h3-6,10-11H,2,7-9,12H2,1H3,(H2,17,18,19);1H. The van der Waals surface area contributed by atoms with Crippen molar-refractivity contribution in [1.29, 1.82) is 0 Å². The van der Waals surface area contributed by atoms with Gasteiger partial charge in [-0.1, -0.05) is 0 Å². The molecule has 0 spiro atoms. The quantitative estimate of drug-likeness (QED) is 0.363. The second-order valence-corrected chi connectivity index (χ2v) is 5.35. The van der Waals surface area contributed by atoms with Gasteiger partial charge in [-0.15, -0.1) is 24.0 Å². The molecule has 2 N–H and O–H groups in total. The molecule has 0 saturated carbocycles. The van der Waals surface area contributed by atoms with Crippen molar-refractivity contribution in [3.8, 4) is 0 Å². The van der Waals surface area contributed by atoms with E-state index in [1.165, 1.54) is 0 Å². The number of nitrogens with zero attached hydrogens (tertiary/aromatic N) is 2. The Kier molecular flexibility index (Phi) is 9.30. The molecule has 7 heteroatoms. The Hall–Kier alpha value is -0.960. The molecule has 0 aliphatic carbocycles. The summed E-state index contributed by atoms with van der Waals surface area (Å²) in [6.07, 6.45) is 4.90. The molecule has 0 unspecified atom stereocenters. The predicted molar refractivity (Wildman–Crippen MR) is 104 cm³/mol. The van der Waals surface area contributed by atoms with Crippen LogP contribution in [0.5, 0.6) is 0 Å². The monoisotopic (exact) mass is 480 g/mol. The van der Waals surface area contributed by atoms with Gasteiger partial charge in [0.1, 0.15) is 5.76 Å². The molecular formula is C15H22BrIN4O. The number of hydrogen-bond donors (Lipinski definition) is 2. The third-order valence-electron chi connectivity index (χ3n) is 2.93. The minimum atomic E-state index is 0. The van der Waals surface area contributed by atoms with E-state index in [0.29, 0.717) is 6.54 Å². The number of guanidine groups is 1. The van der Waals surface area contributed by atoms with Gasteiger partial charge in [-0.05, 0) is 47.1 Å². The summed E-state index contributed by atoms with van der Waals surface area (Å²) >= 11 is 3.30. The Morgan fingerprint density at radius 1 is 1.27 bits per heavy atom. The van der Waals surface area contributed by atoms with E-state index in [4.69, 9.17) is 4.42 Å². The highest BCUT2D eigenvalue weighted by molar-refractivity contribution is 14.0. The van der Waals surface area contributed by atoms with Crippen LogP contribution >= 0.6 is 39.9 Å². The van der Waals surface area contributed by atoms with Crippen LogP contribution in [0.1, 0.15) is 12.7 Å². The molecule has 0 atom stereocenters. The summed E-state index contributed by atoms with van der Waals surface area (Å²) in [5.41, 5.74) is 0. The molecule has 5 nitrogen and oxygen atoms in total. The largest absolute Gasteiger partial charge is 0.454 e. The van der Waals surface area contributed by atoms with Crippen LogP contribution in [-0.4, -0.2) is 30.2 Å². The fourth-order valence-corrected chi connectivity index (χ4v) is 2.27. The van der Waals surface area contributed by atoms with Crippen molar-refractivity contribution in [1.82, 2.24) is 15.2 Å². The molecule has 122 valence electrons. The van der Waals surface area contributed by atoms with Gasteiger partial charge in [0.25, 0.3) is 0 Å². The van der Waals surface area contributed by atoms with Crippen LogP contribution < -0.4 is 10.6 Å². The van der Waals surface area contributed by atoms with Crippen molar-refractivity contribution < 1.29 is 4.42 Å². The maximum Gasteiger partial charge on any atom is 0.191 e. The Morgan fingerprint density at radius 3 is 2.68 bits per heavy atom. The molecule has 0 saturated heterocycles. The van der Waals surface area contributed by atoms with Gasteiger partial charge < -0.3 is 19.6 Å². The summed E-state index contributed by atoms with van der Waals surface area (Å²) in [6, 6.07) is 7.92. The van der Waals surface area contributed by atoms with Crippen molar-refractivity contribution in [2.75, 3.05) is 19.6 Å². The topological polar surface area (TPSA) is 54.5 Å². The maximum absolute atomic E-state index is 5.46. The first-order chi connectivity index (χ1) is 10.3. The highest BCUT2D eigenvalue weighted by atomic mass is 127. The third-order valence-corrected chi connectivity index (χ3v) is 3.36. The third kappa shape index (κ3) is 6.87. The SMILES string of the molecule is CCNC(=NCCc1ccc(Br)o1)NCCn1cccc1.I. The first-order valence-electron chi connectivity index (χ1n) is 7.15. The van der Waals surface area contributed by atoms with Crippen LogP contribution in [0, 0.1) is 0 Å². The zero-order valence-corrected chi connectivity index (χ0v) is 16.5. The van der Waals surface area contributed by atoms with Crippen molar-refractivity contribution in [3.63, 3.8) is 0 Å². The molecule has 0 aliphatic heterocycles. The van der Waals surface area contributed by atoms with Gasteiger partial charge in [-0.2, -0.15) is 0 Å². The maximum atomic E-state index is 5.46. The van der Waals surface area contributed by atoms with Crippen molar-refractivity contribution in [2.45, 2.75) is 19.9 Å². The fourth-order valence-electron chi connectivity index (χ4n) is 1.93. The van der Waals surface area contributed by atoms with E-state index >= 15 is 0 Å². The Labute approximate surface area is 156 Å². The average molecular weight is 481 g/mol. The van der Waals surface area contributed by atoms with E-state index in [1.807, 2.05) is 24.3 Å². The smallest absolute Gasteiger partial charge is 0.191 e. The van der Waals surface area contributed by atoms with E-state index in [9.17, 15) is 0 Å². The molecule has 0 fully saturated rings. The Bertz CT molecular complexity index is 554. The number of halogens is 2. The fraction of sp³-hybridized carbons (Fsp3) is 0.400. The molecule has 22 heavy (non-hydrogen) atoms. The van der Waals surface area contributed by atoms with Crippen LogP contribution in [0.2, 0.25) is 0 Å². The lowest BCUT2D eigenvalue weighted by Crippen LogP contribution is -2.39. The van der Waals surface area contributed by atoms with E-state index < -0.39 is 0 Å². The zero-order valence-electron chi connectivity index (χ0n) is 12.6. The second kappa shape index (κ2) is 10.7. The molecule has 0 amide bonds. The summed E-state index contributed by atoms with van der Waals surface area (Å²) in [5, 5.41) is 6.57. The number of nitrogens with one attached hydrogen (secondary N) is 2. The molecule has 2 aromatic rings. The molecule has 2 aromatic heterocycles. The van der Waals surface area contributed by atoms with Gasteiger partial charge in [0, 0.05) is 45.0 Å². The first-order valence-corrected chi connectivity index (χ1v) is 7.94. The molecule has 0 bridgehead atoms. The highest BCUT2D eigenvalue weighted by Crippen LogP contribution is 2.14. The van der Waals surface area contributed by atoms with Crippen LogP contribution in [0.25, 0.3) is 0 Å². The number of aliphatic imine (C=N–C) groups is 1. The van der Waals surface area contributed by atoms with Crippen LogP contribution in [0.15, 0.2) is 50.7 Å². The number of aromatic nitrogens is 1. The predicted octanol–water partition coefficient (Wildman–Crippen LogP) is 3.26. The van der Waals surface area contributed by atoms with Gasteiger partial charge in [0.15, 0.2) is 10.6 Å². The molecule has 2 rings (SSSR count). The minimum Gasteiger partial charge on any atom is -0.454 e. The second-order valence-electron chi connectivity index (χ2n) is 4.56. The molecule has 0 aromatic carbocycles. The lowest BCUT2D eigenvalue weighted by molar-refractivity contribution is 0.489. The Balaban J connectivity index is 0.00000242. The van der Waals surface area contributed by atoms with E-state index in [1.54, 1.807) is 0 Å². The van der Waals surface area contributed by atoms with Gasteiger partial charge in [-0.3, -0.25) is 4.99 Å². The van der Waals surface area contributed by atoms with Gasteiger partial charge >= 0.3 is 0 Å². The molecule has 0 radical (unpaired) electrons. The number of hydrogen-bond acceptors (Lipinski definition) is 2. The van der Waals surface area contributed by atoms with E-state index in [-0.39, 0.29) is 24.0 Å². The minimum absolute atomic E-state index is 0. The lowest BCUT2D eigenvalue weighted by atomic mass is 10.3. The Morgan fingerprint density at radius 2 is 2.05 bits per heavy atom. The molecule has 2 heterocycles. The summed E-state index contributed by atoms with van der Waals surface area (Å²) in [7, 11) is 0. The van der Waals surface area contributed by atoms with Gasteiger partial charge in [0.2, 0.25) is 0 Å². The summed E-state index contributed by atoms with van der Waals surface area (Å²) < 4.78 is 8.36. The summed E-state index contributed by atoms with van der Waals surface area (Å²) in [5.74, 6) is 1.78. The van der Waals surface area contributed by atoms with Crippen LogP contribution in [0.3, 0.4) is 0 Å². The number of rotatable bonds is 7. The van der Waals surface area contributed by atoms with Crippen LogP contribution in [0.4, 0.5) is 0 Å². The summed E-state index contributed by atoms with van der Waals surface area (Å²) in [4.78, 5) is 4.55. The zero-order chi connectivity index (χ0) is 14.9. The van der Waals surface area contributed by atoms with Gasteiger partial charge in [0.05, 0.1) is 0 Å². The van der Waals surface area contributed by atoms with Crippen molar-refractivity contribution >= 4 is 45.9 Å². The lowest BCUT2D eigenvalue weighted by Gasteiger charge is -2.11.